The van der Waals surface area contributed by atoms with Gasteiger partial charge in [-0.15, -0.1) is 0 Å². The standard InChI is InChI=1S/C23H24N4O5S/c1-5-26-20-11-10-16(33(30,31)25(3)4)12-19(20)24-21(26)14-32-22(28)13-27-15(2)17-8-6-7-9-18(17)23(27)29/h6-12H,2,5,13-14H2,1,3-4H3. The van der Waals surface area contributed by atoms with Gasteiger partial charge in [0.25, 0.3) is 5.91 Å². The Morgan fingerprint density at radius 2 is 1.85 bits per heavy atom. The lowest BCUT2D eigenvalue weighted by atomic mass is 10.1. The number of benzene rings is 2. The van der Waals surface area contributed by atoms with Crippen molar-refractivity contribution in [3.8, 4) is 0 Å². The van der Waals surface area contributed by atoms with E-state index in [1.54, 1.807) is 24.3 Å². The summed E-state index contributed by atoms with van der Waals surface area (Å²) in [6.45, 7) is 6.02. The third-order valence-electron chi connectivity index (χ3n) is 5.58. The number of aryl methyl sites for hydroxylation is 1. The van der Waals surface area contributed by atoms with E-state index in [1.165, 1.54) is 31.1 Å². The van der Waals surface area contributed by atoms with Crippen molar-refractivity contribution in [1.29, 1.82) is 0 Å². The molecule has 0 aliphatic carbocycles. The van der Waals surface area contributed by atoms with Gasteiger partial charge in [-0.2, -0.15) is 0 Å². The number of nitrogens with zero attached hydrogens (tertiary/aromatic N) is 4. The Labute approximate surface area is 191 Å². The van der Waals surface area contributed by atoms with Gasteiger partial charge in [-0.1, -0.05) is 24.8 Å². The van der Waals surface area contributed by atoms with Gasteiger partial charge in [0.2, 0.25) is 10.0 Å². The van der Waals surface area contributed by atoms with Crippen LogP contribution >= 0.6 is 0 Å². The number of imidazole rings is 1. The van der Waals surface area contributed by atoms with Gasteiger partial charge >= 0.3 is 5.97 Å². The number of carbonyl (C=O) groups is 2. The average molecular weight is 469 g/mol. The number of aromatic nitrogens is 2. The molecule has 0 fully saturated rings. The second-order valence-corrected chi connectivity index (χ2v) is 9.91. The Hall–Kier alpha value is -3.50. The number of ether oxygens (including phenoxy) is 1. The Balaban J connectivity index is 1.51. The van der Waals surface area contributed by atoms with Crippen LogP contribution in [0.15, 0.2) is 53.9 Å². The van der Waals surface area contributed by atoms with Crippen LogP contribution in [0.3, 0.4) is 0 Å². The van der Waals surface area contributed by atoms with Crippen molar-refractivity contribution < 1.29 is 22.7 Å². The predicted molar refractivity (Wildman–Crippen MR) is 123 cm³/mol. The van der Waals surface area contributed by atoms with Crippen LogP contribution in [0.25, 0.3) is 16.7 Å². The number of rotatable bonds is 7. The largest absolute Gasteiger partial charge is 0.456 e. The minimum Gasteiger partial charge on any atom is -0.456 e. The van der Waals surface area contributed by atoms with Gasteiger partial charge in [0, 0.05) is 37.5 Å². The van der Waals surface area contributed by atoms with Crippen LogP contribution in [0, 0.1) is 0 Å². The number of carbonyl (C=O) groups excluding carboxylic acids is 2. The molecule has 0 unspecified atom stereocenters. The molecule has 0 N–H and O–H groups in total. The minimum atomic E-state index is -3.60. The normalized spacial score (nSPS) is 13.8. The highest BCUT2D eigenvalue weighted by atomic mass is 32.2. The van der Waals surface area contributed by atoms with E-state index < -0.39 is 16.0 Å². The molecule has 0 atom stereocenters. The second-order valence-electron chi connectivity index (χ2n) is 7.75. The first-order valence-corrected chi connectivity index (χ1v) is 11.8. The van der Waals surface area contributed by atoms with Crippen LogP contribution in [0.2, 0.25) is 0 Å². The monoisotopic (exact) mass is 468 g/mol. The summed E-state index contributed by atoms with van der Waals surface area (Å²) < 4.78 is 33.3. The molecule has 2 heterocycles. The van der Waals surface area contributed by atoms with Crippen molar-refractivity contribution >= 4 is 38.6 Å². The maximum Gasteiger partial charge on any atom is 0.326 e. The summed E-state index contributed by atoms with van der Waals surface area (Å²) in [7, 11) is -0.667. The van der Waals surface area contributed by atoms with Gasteiger partial charge < -0.3 is 9.30 Å². The van der Waals surface area contributed by atoms with E-state index in [0.29, 0.717) is 34.7 Å². The van der Waals surface area contributed by atoms with Crippen molar-refractivity contribution in [2.45, 2.75) is 25.0 Å². The highest BCUT2D eigenvalue weighted by molar-refractivity contribution is 7.89. The summed E-state index contributed by atoms with van der Waals surface area (Å²) >= 11 is 0. The summed E-state index contributed by atoms with van der Waals surface area (Å²) in [6, 6.07) is 11.8. The zero-order valence-electron chi connectivity index (χ0n) is 18.6. The minimum absolute atomic E-state index is 0.113. The number of esters is 1. The van der Waals surface area contributed by atoms with Gasteiger partial charge in [0.05, 0.1) is 15.9 Å². The SMILES string of the molecule is C=C1c2ccccc2C(=O)N1CC(=O)OCc1nc2cc(S(=O)(=O)N(C)C)ccc2n1CC. The van der Waals surface area contributed by atoms with E-state index >= 15 is 0 Å². The Morgan fingerprint density at radius 1 is 1.15 bits per heavy atom. The number of fused-ring (bicyclic) bond motifs is 2. The molecule has 3 aromatic rings. The topological polar surface area (TPSA) is 102 Å². The van der Waals surface area contributed by atoms with Gasteiger partial charge in [-0.05, 0) is 31.2 Å². The first-order chi connectivity index (χ1) is 15.6. The third kappa shape index (κ3) is 3.91. The van der Waals surface area contributed by atoms with Crippen LogP contribution in [0.5, 0.6) is 0 Å². The number of hydrogen-bond acceptors (Lipinski definition) is 6. The van der Waals surface area contributed by atoms with Crippen molar-refractivity contribution in [1.82, 2.24) is 18.8 Å². The Kier molecular flexibility index (Phi) is 5.81. The highest BCUT2D eigenvalue weighted by Crippen LogP contribution is 2.31. The summed E-state index contributed by atoms with van der Waals surface area (Å²) in [6.07, 6.45) is 0. The van der Waals surface area contributed by atoms with E-state index in [2.05, 4.69) is 11.6 Å². The molecule has 0 spiro atoms. The second kappa shape index (κ2) is 8.45. The first kappa shape index (κ1) is 22.7. The Bertz CT molecular complexity index is 1360. The van der Waals surface area contributed by atoms with Crippen LogP contribution < -0.4 is 0 Å². The van der Waals surface area contributed by atoms with Crippen LogP contribution in [0.1, 0.15) is 28.7 Å². The number of sulfonamides is 1. The van der Waals surface area contributed by atoms with Crippen molar-refractivity contribution in [3.63, 3.8) is 0 Å². The van der Waals surface area contributed by atoms with Crippen LogP contribution in [-0.4, -0.2) is 59.7 Å². The lowest BCUT2D eigenvalue weighted by Crippen LogP contribution is -2.30. The van der Waals surface area contributed by atoms with E-state index in [1.807, 2.05) is 17.6 Å². The molecule has 1 aromatic heterocycles. The zero-order chi connectivity index (χ0) is 23.9. The molecule has 1 aliphatic rings. The van der Waals surface area contributed by atoms with Crippen LogP contribution in [-0.2, 0) is 32.7 Å². The first-order valence-electron chi connectivity index (χ1n) is 10.3. The molecule has 33 heavy (non-hydrogen) atoms. The van der Waals surface area contributed by atoms with Crippen molar-refractivity contribution in [2.75, 3.05) is 20.6 Å². The smallest absolute Gasteiger partial charge is 0.326 e. The quantitative estimate of drug-likeness (QED) is 0.494. The van der Waals surface area contributed by atoms with Crippen molar-refractivity contribution in [2.24, 2.45) is 0 Å². The molecule has 0 saturated heterocycles. The molecule has 9 nitrogen and oxygen atoms in total. The van der Waals surface area contributed by atoms with Gasteiger partial charge in [0.15, 0.2) is 0 Å². The molecule has 172 valence electrons. The van der Waals surface area contributed by atoms with E-state index in [4.69, 9.17) is 4.74 Å². The molecule has 4 rings (SSSR count). The summed E-state index contributed by atoms with van der Waals surface area (Å²) in [5.74, 6) is -0.402. The third-order valence-corrected chi connectivity index (χ3v) is 7.39. The molecule has 0 bridgehead atoms. The molecule has 0 saturated carbocycles. The van der Waals surface area contributed by atoms with E-state index in [-0.39, 0.29) is 24.0 Å². The maximum atomic E-state index is 12.6. The van der Waals surface area contributed by atoms with Crippen LogP contribution in [0.4, 0.5) is 0 Å². The van der Waals surface area contributed by atoms with Gasteiger partial charge in [0.1, 0.15) is 19.0 Å². The summed E-state index contributed by atoms with van der Waals surface area (Å²) in [4.78, 5) is 31.0. The van der Waals surface area contributed by atoms with Crippen molar-refractivity contribution in [3.05, 3.63) is 66.0 Å². The fraction of sp³-hybridized carbons (Fsp3) is 0.261. The molecule has 0 radical (unpaired) electrons. The molecule has 1 aliphatic heterocycles. The summed E-state index contributed by atoms with van der Waals surface area (Å²) in [5, 5.41) is 0. The Morgan fingerprint density at radius 3 is 2.48 bits per heavy atom. The predicted octanol–water partition coefficient (Wildman–Crippen LogP) is 2.48. The van der Waals surface area contributed by atoms with Gasteiger partial charge in [-0.25, -0.2) is 17.7 Å². The van der Waals surface area contributed by atoms with E-state index in [9.17, 15) is 18.0 Å². The number of amides is 1. The molecule has 1 amide bonds. The lowest BCUT2D eigenvalue weighted by Gasteiger charge is -2.16. The molecular formula is C23H24N4O5S. The fourth-order valence-electron chi connectivity index (χ4n) is 3.82. The highest BCUT2D eigenvalue weighted by Gasteiger charge is 2.32. The maximum absolute atomic E-state index is 12.6. The van der Waals surface area contributed by atoms with Gasteiger partial charge in [-0.3, -0.25) is 14.5 Å². The molecular weight excluding hydrogens is 444 g/mol. The number of hydrogen-bond donors (Lipinski definition) is 0. The fourth-order valence-corrected chi connectivity index (χ4v) is 4.74. The molecule has 2 aromatic carbocycles. The zero-order valence-corrected chi connectivity index (χ0v) is 19.4. The average Bonchev–Trinajstić information content (AvgIpc) is 3.27. The van der Waals surface area contributed by atoms with E-state index in [0.717, 1.165) is 9.82 Å². The molecule has 10 heteroatoms. The lowest BCUT2D eigenvalue weighted by molar-refractivity contribution is -0.145. The summed E-state index contributed by atoms with van der Waals surface area (Å²) in [5.41, 5.74) is 2.89.